The highest BCUT2D eigenvalue weighted by molar-refractivity contribution is 6.52. The monoisotopic (exact) mass is 210 g/mol. The molecule has 0 heterocycles. The van der Waals surface area contributed by atoms with E-state index in [1.807, 2.05) is 12.2 Å². The minimum atomic E-state index is -0.284. The van der Waals surface area contributed by atoms with Gasteiger partial charge in [-0.2, -0.15) is 0 Å². The van der Waals surface area contributed by atoms with Crippen LogP contribution in [0.2, 0.25) is 0 Å². The zero-order valence-corrected chi connectivity index (χ0v) is 8.69. The van der Waals surface area contributed by atoms with Crippen molar-refractivity contribution in [1.29, 1.82) is 0 Å². The molecule has 4 aliphatic carbocycles. The quantitative estimate of drug-likeness (QED) is 0.572. The molecule has 4 rings (SSSR count). The highest BCUT2D eigenvalue weighted by Gasteiger charge is 2.50. The molecule has 0 aromatic rings. The summed E-state index contributed by atoms with van der Waals surface area (Å²) in [6.07, 6.45) is 10.0. The van der Waals surface area contributed by atoms with E-state index in [2.05, 4.69) is 12.2 Å². The Hall–Kier alpha value is -1.70. The average molecular weight is 210 g/mol. The Bertz CT molecular complexity index is 520. The average Bonchev–Trinajstić information content (AvgIpc) is 2.82. The van der Waals surface area contributed by atoms with Crippen LogP contribution in [0.5, 0.6) is 0 Å². The lowest BCUT2D eigenvalue weighted by atomic mass is 9.74. The minimum absolute atomic E-state index is 0.0579. The molecule has 0 aromatic carbocycles. The minimum Gasteiger partial charge on any atom is -0.285 e. The van der Waals surface area contributed by atoms with Crippen LogP contribution < -0.4 is 0 Å². The summed E-state index contributed by atoms with van der Waals surface area (Å²) in [6, 6.07) is 0. The maximum atomic E-state index is 11.8. The Balaban J connectivity index is 2.02. The largest absolute Gasteiger partial charge is 0.285 e. The Kier molecular flexibility index (Phi) is 1.33. The van der Waals surface area contributed by atoms with E-state index in [4.69, 9.17) is 0 Å². The zero-order chi connectivity index (χ0) is 10.9. The maximum Gasteiger partial charge on any atom is 0.229 e. The van der Waals surface area contributed by atoms with Gasteiger partial charge in [-0.3, -0.25) is 9.59 Å². The van der Waals surface area contributed by atoms with Crippen LogP contribution in [0, 0.1) is 11.8 Å². The summed E-state index contributed by atoms with van der Waals surface area (Å²) in [7, 11) is 0. The van der Waals surface area contributed by atoms with Crippen molar-refractivity contribution in [3.05, 3.63) is 46.6 Å². The van der Waals surface area contributed by atoms with Gasteiger partial charge < -0.3 is 0 Å². The van der Waals surface area contributed by atoms with Crippen LogP contribution >= 0.6 is 0 Å². The van der Waals surface area contributed by atoms with Crippen molar-refractivity contribution in [1.82, 2.24) is 0 Å². The van der Waals surface area contributed by atoms with Gasteiger partial charge in [-0.15, -0.1) is 0 Å². The van der Waals surface area contributed by atoms with Gasteiger partial charge in [0.05, 0.1) is 0 Å². The number of rotatable bonds is 0. The number of hydrogen-bond donors (Lipinski definition) is 0. The van der Waals surface area contributed by atoms with E-state index in [1.54, 1.807) is 0 Å². The topological polar surface area (TPSA) is 34.1 Å². The highest BCUT2D eigenvalue weighted by atomic mass is 16.2. The number of ketones is 2. The van der Waals surface area contributed by atoms with Crippen LogP contribution in [0.1, 0.15) is 12.8 Å². The second-order valence-electron chi connectivity index (χ2n) is 4.84. The fourth-order valence-electron chi connectivity index (χ4n) is 3.46. The molecule has 0 spiro atoms. The summed E-state index contributed by atoms with van der Waals surface area (Å²) >= 11 is 0. The predicted molar refractivity (Wildman–Crippen MR) is 58.6 cm³/mol. The van der Waals surface area contributed by atoms with Crippen LogP contribution in [0.4, 0.5) is 0 Å². The van der Waals surface area contributed by atoms with E-state index in [9.17, 15) is 9.59 Å². The maximum absolute atomic E-state index is 11.8. The van der Waals surface area contributed by atoms with Gasteiger partial charge in [0.25, 0.3) is 0 Å². The molecule has 2 fully saturated rings. The SMILES string of the molecule is O=C1C(=O)C2=CC=C3CCC4=CC=C1C2C43. The molecular weight excluding hydrogens is 200 g/mol. The molecule has 0 amide bonds. The molecular formula is C14H10O2. The molecule has 0 saturated heterocycles. The summed E-state index contributed by atoms with van der Waals surface area (Å²) < 4.78 is 0. The lowest BCUT2D eigenvalue weighted by molar-refractivity contribution is -0.130. The van der Waals surface area contributed by atoms with E-state index in [1.165, 1.54) is 11.1 Å². The molecule has 2 nitrogen and oxygen atoms in total. The number of allylic oxidation sites excluding steroid dienone is 8. The van der Waals surface area contributed by atoms with Crippen molar-refractivity contribution in [2.45, 2.75) is 12.8 Å². The second kappa shape index (κ2) is 2.51. The molecule has 0 aromatic heterocycles. The summed E-state index contributed by atoms with van der Waals surface area (Å²) in [4.78, 5) is 23.6. The van der Waals surface area contributed by atoms with Crippen LogP contribution in [0.25, 0.3) is 0 Å². The first-order valence-corrected chi connectivity index (χ1v) is 5.67. The molecule has 0 aliphatic heterocycles. The predicted octanol–water partition coefficient (Wildman–Crippen LogP) is 1.90. The lowest BCUT2D eigenvalue weighted by Crippen LogP contribution is -2.21. The molecule has 0 atom stereocenters. The molecule has 2 saturated carbocycles. The van der Waals surface area contributed by atoms with Gasteiger partial charge in [0.15, 0.2) is 0 Å². The van der Waals surface area contributed by atoms with Gasteiger partial charge in [0, 0.05) is 23.0 Å². The number of carbonyl (C=O) groups excluding carboxylic acids is 2. The number of hydrogen-bond acceptors (Lipinski definition) is 2. The standard InChI is InChI=1S/C14H10O2/c15-13-9-5-3-7-1-2-8-4-6-10(14(13)16)12(9)11(7)8/h3-6,11-12H,1-2H2. The van der Waals surface area contributed by atoms with E-state index in [-0.39, 0.29) is 17.5 Å². The molecule has 78 valence electrons. The van der Waals surface area contributed by atoms with E-state index < -0.39 is 0 Å². The van der Waals surface area contributed by atoms with Crippen molar-refractivity contribution in [3.63, 3.8) is 0 Å². The van der Waals surface area contributed by atoms with Gasteiger partial charge in [0.1, 0.15) is 0 Å². The molecule has 4 aliphatic rings. The normalized spacial score (nSPS) is 34.2. The smallest absolute Gasteiger partial charge is 0.229 e. The zero-order valence-electron chi connectivity index (χ0n) is 8.69. The first kappa shape index (κ1) is 8.45. The van der Waals surface area contributed by atoms with Crippen LogP contribution in [0.3, 0.4) is 0 Å². The molecule has 16 heavy (non-hydrogen) atoms. The molecule has 0 unspecified atom stereocenters. The Morgan fingerprint density at radius 2 is 1.25 bits per heavy atom. The highest BCUT2D eigenvalue weighted by Crippen LogP contribution is 2.53. The van der Waals surface area contributed by atoms with Gasteiger partial charge >= 0.3 is 0 Å². The summed E-state index contributed by atoms with van der Waals surface area (Å²) in [6.45, 7) is 0. The van der Waals surface area contributed by atoms with Crippen molar-refractivity contribution < 1.29 is 9.59 Å². The van der Waals surface area contributed by atoms with Gasteiger partial charge in [-0.05, 0) is 12.8 Å². The summed E-state index contributed by atoms with van der Waals surface area (Å²) in [5, 5.41) is 0. The van der Waals surface area contributed by atoms with Crippen molar-refractivity contribution in [3.8, 4) is 0 Å². The number of Topliss-reactive ketones (excluding diaryl/α,β-unsaturated/α-hetero) is 2. The fourth-order valence-corrected chi connectivity index (χ4v) is 3.46. The third-order valence-corrected chi connectivity index (χ3v) is 4.19. The van der Waals surface area contributed by atoms with E-state index in [0.29, 0.717) is 5.92 Å². The van der Waals surface area contributed by atoms with E-state index >= 15 is 0 Å². The summed E-state index contributed by atoms with van der Waals surface area (Å²) in [5.41, 5.74) is 4.23. The van der Waals surface area contributed by atoms with Crippen molar-refractivity contribution in [2.24, 2.45) is 11.8 Å². The molecule has 0 radical (unpaired) electrons. The third-order valence-electron chi connectivity index (χ3n) is 4.19. The Labute approximate surface area is 93.0 Å². The first-order valence-electron chi connectivity index (χ1n) is 5.67. The second-order valence-corrected chi connectivity index (χ2v) is 4.84. The Morgan fingerprint density at radius 3 is 1.75 bits per heavy atom. The van der Waals surface area contributed by atoms with Crippen LogP contribution in [-0.4, -0.2) is 11.6 Å². The van der Waals surface area contributed by atoms with Gasteiger partial charge in [-0.25, -0.2) is 0 Å². The summed E-state index contributed by atoms with van der Waals surface area (Å²) in [5.74, 6) is -0.181. The third kappa shape index (κ3) is 0.765. The van der Waals surface area contributed by atoms with Crippen LogP contribution in [0.15, 0.2) is 46.6 Å². The fraction of sp³-hybridized carbons (Fsp3) is 0.286. The van der Waals surface area contributed by atoms with Crippen LogP contribution in [-0.2, 0) is 9.59 Å². The lowest BCUT2D eigenvalue weighted by Gasteiger charge is -2.28. The van der Waals surface area contributed by atoms with Crippen molar-refractivity contribution in [2.75, 3.05) is 0 Å². The van der Waals surface area contributed by atoms with E-state index in [0.717, 1.165) is 24.0 Å². The van der Waals surface area contributed by atoms with Crippen molar-refractivity contribution >= 4 is 11.6 Å². The van der Waals surface area contributed by atoms with Gasteiger partial charge in [-0.1, -0.05) is 35.5 Å². The molecule has 2 heteroatoms. The van der Waals surface area contributed by atoms with Gasteiger partial charge in [0.2, 0.25) is 11.6 Å². The molecule has 0 bridgehead atoms. The Morgan fingerprint density at radius 1 is 0.750 bits per heavy atom. The molecule has 0 N–H and O–H groups in total. The first-order chi connectivity index (χ1) is 7.77. The number of carbonyl (C=O) groups is 2.